The Morgan fingerprint density at radius 1 is 1.00 bits per heavy atom. The van der Waals surface area contributed by atoms with Crippen molar-refractivity contribution in [1.29, 1.82) is 0 Å². The molecule has 4 saturated heterocycles. The van der Waals surface area contributed by atoms with Gasteiger partial charge in [-0.05, 0) is 32.0 Å². The number of nitrogens with zero attached hydrogens (tertiary/aromatic N) is 2. The molecule has 0 aromatic heterocycles. The average Bonchev–Trinajstić information content (AvgIpc) is 2.87. The highest BCUT2D eigenvalue weighted by molar-refractivity contribution is 5.97. The fourth-order valence-electron chi connectivity index (χ4n) is 6.18. The number of halogens is 3. The number of carbonyl (C=O) groups excluding carboxylic acids is 2. The number of Topliss-reactive ketones (excluding diaryl/α,β-unsaturated/α-hetero) is 1. The number of quaternary nitrogens is 1. The molecular weight excluding hydrogens is 486 g/mol. The first kappa shape index (κ1) is 26.7. The highest BCUT2D eigenvalue weighted by atomic mass is 35.5. The zero-order valence-electron chi connectivity index (χ0n) is 20.4. The summed E-state index contributed by atoms with van der Waals surface area (Å²) in [6.45, 7) is 4.16. The molecule has 6 rings (SSSR count). The summed E-state index contributed by atoms with van der Waals surface area (Å²) < 4.78 is 35.1. The van der Waals surface area contributed by atoms with Gasteiger partial charge in [0.1, 0.15) is 30.8 Å². The normalized spacial score (nSPS) is 26.6. The lowest BCUT2D eigenvalue weighted by atomic mass is 9.82. The van der Waals surface area contributed by atoms with E-state index in [1.54, 1.807) is 0 Å². The Bertz CT molecular complexity index is 1070. The molecule has 194 valence electrons. The fourth-order valence-corrected chi connectivity index (χ4v) is 6.18. The summed E-state index contributed by atoms with van der Waals surface area (Å²) in [5, 5.41) is 0. The van der Waals surface area contributed by atoms with Gasteiger partial charge in [-0.3, -0.25) is 9.69 Å². The molecule has 0 aliphatic carbocycles. The third kappa shape index (κ3) is 5.63. The summed E-state index contributed by atoms with van der Waals surface area (Å²) in [5.74, 6) is -1.49. The van der Waals surface area contributed by atoms with Crippen molar-refractivity contribution in [1.82, 2.24) is 4.90 Å². The minimum atomic E-state index is -0.884. The van der Waals surface area contributed by atoms with Gasteiger partial charge in [0.2, 0.25) is 5.78 Å². The van der Waals surface area contributed by atoms with Crippen molar-refractivity contribution in [3.05, 3.63) is 71.3 Å². The van der Waals surface area contributed by atoms with E-state index in [1.807, 2.05) is 35.2 Å². The number of piperidine rings is 4. The van der Waals surface area contributed by atoms with E-state index in [-0.39, 0.29) is 35.8 Å². The number of likely N-dealkylation sites (tertiary alicyclic amines) is 1. The van der Waals surface area contributed by atoms with Gasteiger partial charge in [-0.1, -0.05) is 42.8 Å². The largest absolute Gasteiger partial charge is 1.00 e. The molecule has 4 fully saturated rings. The quantitative estimate of drug-likeness (QED) is 0.317. The van der Waals surface area contributed by atoms with Gasteiger partial charge < -0.3 is 21.6 Å². The van der Waals surface area contributed by atoms with Crippen molar-refractivity contribution in [2.24, 2.45) is 5.92 Å². The monoisotopic (exact) mass is 518 g/mol. The minimum Gasteiger partial charge on any atom is -1.00 e. The number of ketones is 1. The molecular formula is C28H33ClF2N2O3. The molecule has 2 atom stereocenters. The van der Waals surface area contributed by atoms with Crippen LogP contribution in [0.3, 0.4) is 0 Å². The Balaban J connectivity index is 0.00000304. The molecule has 4 aliphatic rings. The summed E-state index contributed by atoms with van der Waals surface area (Å²) in [6.07, 6.45) is 4.44. The first-order valence-corrected chi connectivity index (χ1v) is 12.8. The van der Waals surface area contributed by atoms with Gasteiger partial charge in [0.05, 0.1) is 13.1 Å². The van der Waals surface area contributed by atoms with Crippen molar-refractivity contribution >= 4 is 11.8 Å². The molecule has 1 unspecified atom stereocenters. The predicted octanol–water partition coefficient (Wildman–Crippen LogP) is 1.53. The molecule has 5 nitrogen and oxygen atoms in total. The van der Waals surface area contributed by atoms with Crippen LogP contribution in [0.5, 0.6) is 0 Å². The van der Waals surface area contributed by atoms with Crippen LogP contribution in [0, 0.1) is 17.6 Å². The maximum absolute atomic E-state index is 14.8. The SMILES string of the molecule is O=C(C[N+]12CCC(CC1)[C@@H](OC(=O)C(c1ccc(F)cc1F)N1CCCCC1)C2)c1ccccc1.[Cl-]. The molecule has 0 saturated carbocycles. The van der Waals surface area contributed by atoms with Gasteiger partial charge in [-0.2, -0.15) is 0 Å². The average molecular weight is 519 g/mol. The van der Waals surface area contributed by atoms with E-state index >= 15 is 0 Å². The number of hydrogen-bond donors (Lipinski definition) is 0. The standard InChI is InChI=1S/C28H33F2N2O3.ClH/c29-22-9-10-23(24(30)17-22)27(31-13-5-2-6-14-31)28(34)35-26-19-32(15-11-21(26)12-16-32)18-25(33)20-7-3-1-4-8-20;/h1,3-4,7-10,17,21,26-27H,2,5-6,11-16,18-19H2;1H/q+1;/p-1/t21?,26-,27?,32?;/m0./s1. The zero-order valence-corrected chi connectivity index (χ0v) is 21.1. The third-order valence-electron chi connectivity index (χ3n) is 8.12. The molecule has 4 aliphatic heterocycles. The highest BCUT2D eigenvalue weighted by Gasteiger charge is 2.49. The second-order valence-corrected chi connectivity index (χ2v) is 10.4. The van der Waals surface area contributed by atoms with E-state index in [0.717, 1.165) is 51.3 Å². The molecule has 0 amide bonds. The first-order valence-electron chi connectivity index (χ1n) is 12.8. The van der Waals surface area contributed by atoms with Crippen LogP contribution in [-0.4, -0.2) is 66.5 Å². The van der Waals surface area contributed by atoms with E-state index in [4.69, 9.17) is 4.74 Å². The molecule has 0 spiro atoms. The van der Waals surface area contributed by atoms with Crippen LogP contribution in [0.4, 0.5) is 8.78 Å². The predicted molar refractivity (Wildman–Crippen MR) is 128 cm³/mol. The Kier molecular flexibility index (Phi) is 8.43. The second-order valence-electron chi connectivity index (χ2n) is 10.4. The lowest BCUT2D eigenvalue weighted by Crippen LogP contribution is -3.00. The van der Waals surface area contributed by atoms with Crippen LogP contribution in [-0.2, 0) is 9.53 Å². The van der Waals surface area contributed by atoms with Crippen molar-refractivity contribution in [3.8, 4) is 0 Å². The number of ether oxygens (including phenoxy) is 1. The number of rotatable bonds is 7. The van der Waals surface area contributed by atoms with E-state index in [9.17, 15) is 18.4 Å². The van der Waals surface area contributed by atoms with Crippen LogP contribution in [0.15, 0.2) is 48.5 Å². The summed E-state index contributed by atoms with van der Waals surface area (Å²) in [5.41, 5.74) is 0.876. The topological polar surface area (TPSA) is 46.6 Å². The third-order valence-corrected chi connectivity index (χ3v) is 8.12. The number of hydrogen-bond acceptors (Lipinski definition) is 4. The lowest BCUT2D eigenvalue weighted by Gasteiger charge is -2.51. The molecule has 0 radical (unpaired) electrons. The number of fused-ring (bicyclic) bond motifs is 3. The van der Waals surface area contributed by atoms with E-state index in [2.05, 4.69) is 0 Å². The van der Waals surface area contributed by atoms with Gasteiger partial charge in [0.15, 0.2) is 6.10 Å². The van der Waals surface area contributed by atoms with Gasteiger partial charge in [0.25, 0.3) is 0 Å². The maximum atomic E-state index is 14.8. The Morgan fingerprint density at radius 2 is 1.69 bits per heavy atom. The molecule has 36 heavy (non-hydrogen) atoms. The highest BCUT2D eigenvalue weighted by Crippen LogP contribution is 2.37. The van der Waals surface area contributed by atoms with Gasteiger partial charge in [-0.15, -0.1) is 0 Å². The maximum Gasteiger partial charge on any atom is 0.328 e. The molecule has 2 aromatic rings. The van der Waals surface area contributed by atoms with Crippen molar-refractivity contribution < 1.29 is 40.0 Å². The van der Waals surface area contributed by atoms with E-state index < -0.39 is 23.6 Å². The molecule has 4 heterocycles. The number of benzene rings is 2. The minimum absolute atomic E-state index is 0. The molecule has 0 N–H and O–H groups in total. The number of esters is 1. The van der Waals surface area contributed by atoms with E-state index in [0.29, 0.717) is 36.2 Å². The summed E-state index contributed by atoms with van der Waals surface area (Å²) in [7, 11) is 0. The molecule has 2 aromatic carbocycles. The van der Waals surface area contributed by atoms with Crippen molar-refractivity contribution in [2.45, 2.75) is 44.2 Å². The Morgan fingerprint density at radius 3 is 2.36 bits per heavy atom. The smallest absolute Gasteiger partial charge is 0.328 e. The van der Waals surface area contributed by atoms with Gasteiger partial charge in [-0.25, -0.2) is 13.6 Å². The summed E-state index contributed by atoms with van der Waals surface area (Å²) >= 11 is 0. The van der Waals surface area contributed by atoms with Crippen molar-refractivity contribution in [2.75, 3.05) is 39.3 Å². The van der Waals surface area contributed by atoms with Crippen LogP contribution < -0.4 is 12.4 Å². The van der Waals surface area contributed by atoms with Crippen LogP contribution in [0.1, 0.15) is 54.1 Å². The summed E-state index contributed by atoms with van der Waals surface area (Å²) in [4.78, 5) is 28.5. The summed E-state index contributed by atoms with van der Waals surface area (Å²) in [6, 6.07) is 11.8. The first-order chi connectivity index (χ1) is 16.9. The van der Waals surface area contributed by atoms with Crippen LogP contribution in [0.25, 0.3) is 0 Å². The zero-order chi connectivity index (χ0) is 24.4. The van der Waals surface area contributed by atoms with Crippen molar-refractivity contribution in [3.63, 3.8) is 0 Å². The van der Waals surface area contributed by atoms with E-state index in [1.165, 1.54) is 12.1 Å². The van der Waals surface area contributed by atoms with Crippen LogP contribution >= 0.6 is 0 Å². The Labute approximate surface area is 217 Å². The lowest BCUT2D eigenvalue weighted by molar-refractivity contribution is -0.938. The van der Waals surface area contributed by atoms with Gasteiger partial charge in [0, 0.05) is 36.0 Å². The molecule has 8 heteroatoms. The number of carbonyl (C=O) groups is 2. The van der Waals surface area contributed by atoms with Crippen LogP contribution in [0.2, 0.25) is 0 Å². The Hall–Kier alpha value is -2.35. The fraction of sp³-hybridized carbons (Fsp3) is 0.500. The van der Waals surface area contributed by atoms with Gasteiger partial charge >= 0.3 is 5.97 Å². The second kappa shape index (κ2) is 11.4. The molecule has 2 bridgehead atoms.